The van der Waals surface area contributed by atoms with Crippen molar-refractivity contribution in [1.29, 1.82) is 0 Å². The SMILES string of the molecule is Cc1ncccc1-c1cccc(-c2cc(-c3ccc4c(c3)-c3ccccc3C4(C)C)cc(-c3nc(-c4ccccc4)cc(-c4ccccc4)n3)c2)c1. The van der Waals surface area contributed by atoms with Crippen molar-refractivity contribution in [3.05, 3.63) is 187 Å². The maximum Gasteiger partial charge on any atom is 0.160 e. The van der Waals surface area contributed by atoms with Crippen molar-refractivity contribution in [3.63, 3.8) is 0 Å². The van der Waals surface area contributed by atoms with Crippen LogP contribution in [0.4, 0.5) is 0 Å². The molecule has 0 bridgehead atoms. The third kappa shape index (κ3) is 5.61. The summed E-state index contributed by atoms with van der Waals surface area (Å²) in [7, 11) is 0. The number of fused-ring (bicyclic) bond motifs is 3. The first kappa shape index (κ1) is 31.5. The lowest BCUT2D eigenvalue weighted by Gasteiger charge is -2.21. The van der Waals surface area contributed by atoms with Crippen LogP contribution in [0.2, 0.25) is 0 Å². The molecule has 0 N–H and O–H groups in total. The summed E-state index contributed by atoms with van der Waals surface area (Å²) in [5, 5.41) is 0. The highest BCUT2D eigenvalue weighted by molar-refractivity contribution is 5.87. The van der Waals surface area contributed by atoms with E-state index in [-0.39, 0.29) is 5.41 Å². The van der Waals surface area contributed by atoms with Crippen molar-refractivity contribution < 1.29 is 0 Å². The van der Waals surface area contributed by atoms with E-state index in [1.165, 1.54) is 22.3 Å². The Bertz CT molecular complexity index is 2550. The lowest BCUT2D eigenvalue weighted by Crippen LogP contribution is -2.14. The van der Waals surface area contributed by atoms with Gasteiger partial charge in [0.15, 0.2) is 5.82 Å². The molecule has 3 nitrogen and oxygen atoms in total. The summed E-state index contributed by atoms with van der Waals surface area (Å²) in [5.41, 5.74) is 17.9. The largest absolute Gasteiger partial charge is 0.261 e. The van der Waals surface area contributed by atoms with Gasteiger partial charge in [-0.25, -0.2) is 9.97 Å². The first-order chi connectivity index (χ1) is 25.4. The highest BCUT2D eigenvalue weighted by Gasteiger charge is 2.35. The smallest absolute Gasteiger partial charge is 0.160 e. The fourth-order valence-electron chi connectivity index (χ4n) is 7.74. The second-order valence-corrected chi connectivity index (χ2v) is 14.1. The summed E-state index contributed by atoms with van der Waals surface area (Å²) in [5.74, 6) is 0.690. The van der Waals surface area contributed by atoms with E-state index in [9.17, 15) is 0 Å². The molecule has 2 heterocycles. The molecule has 0 amide bonds. The monoisotopic (exact) mass is 667 g/mol. The molecule has 9 rings (SSSR count). The van der Waals surface area contributed by atoms with Gasteiger partial charge in [0, 0.05) is 39.6 Å². The summed E-state index contributed by atoms with van der Waals surface area (Å²) in [4.78, 5) is 15.0. The van der Waals surface area contributed by atoms with Gasteiger partial charge in [-0.2, -0.15) is 0 Å². The van der Waals surface area contributed by atoms with Crippen LogP contribution in [0, 0.1) is 6.92 Å². The second-order valence-electron chi connectivity index (χ2n) is 14.1. The van der Waals surface area contributed by atoms with E-state index >= 15 is 0 Å². The standard InChI is InChI=1S/C49H37N3/c1-32-41(21-13-25-50-32)37-19-12-18-35(26-37)38-27-39(36-23-24-45-43(30-36)42-20-10-11-22-44(42)49(45,2)3)29-40(28-38)48-51-46(33-14-6-4-7-15-33)31-47(52-48)34-16-8-5-9-17-34/h4-31H,1-3H3. The molecular formula is C49H37N3. The Morgan fingerprint density at radius 1 is 0.385 bits per heavy atom. The highest BCUT2D eigenvalue weighted by atomic mass is 14.9. The Morgan fingerprint density at radius 2 is 0.923 bits per heavy atom. The van der Waals surface area contributed by atoms with Crippen LogP contribution < -0.4 is 0 Å². The third-order valence-electron chi connectivity index (χ3n) is 10.5. The molecule has 0 atom stereocenters. The zero-order chi connectivity index (χ0) is 35.2. The van der Waals surface area contributed by atoms with Gasteiger partial charge in [-0.15, -0.1) is 0 Å². The third-order valence-corrected chi connectivity index (χ3v) is 10.5. The number of hydrogen-bond acceptors (Lipinski definition) is 3. The van der Waals surface area contributed by atoms with E-state index in [2.05, 4.69) is 171 Å². The minimum atomic E-state index is -0.0537. The molecule has 6 aromatic carbocycles. The zero-order valence-electron chi connectivity index (χ0n) is 29.5. The normalized spacial score (nSPS) is 12.7. The average Bonchev–Trinajstić information content (AvgIpc) is 3.44. The fraction of sp³-hybridized carbons (Fsp3) is 0.0816. The van der Waals surface area contributed by atoms with E-state index in [1.807, 2.05) is 24.4 Å². The summed E-state index contributed by atoms with van der Waals surface area (Å²) in [6, 6.07) is 58.3. The summed E-state index contributed by atoms with van der Waals surface area (Å²) >= 11 is 0. The molecule has 0 radical (unpaired) electrons. The van der Waals surface area contributed by atoms with Crippen LogP contribution in [-0.2, 0) is 5.41 Å². The average molecular weight is 668 g/mol. The molecule has 0 aliphatic heterocycles. The molecule has 0 spiro atoms. The molecule has 248 valence electrons. The topological polar surface area (TPSA) is 38.7 Å². The van der Waals surface area contributed by atoms with Crippen LogP contribution in [0.5, 0.6) is 0 Å². The van der Waals surface area contributed by atoms with E-state index < -0.39 is 0 Å². The Hall–Kier alpha value is -6.45. The van der Waals surface area contributed by atoms with Gasteiger partial charge in [-0.05, 0) is 99.5 Å². The van der Waals surface area contributed by atoms with E-state index in [4.69, 9.17) is 9.97 Å². The van der Waals surface area contributed by atoms with Gasteiger partial charge in [-0.1, -0.05) is 135 Å². The number of benzene rings is 6. The first-order valence-corrected chi connectivity index (χ1v) is 17.8. The maximum atomic E-state index is 5.23. The Kier molecular flexibility index (Phi) is 7.70. The van der Waals surface area contributed by atoms with Crippen LogP contribution in [0.1, 0.15) is 30.7 Å². The molecule has 1 aliphatic rings. The van der Waals surface area contributed by atoms with Crippen molar-refractivity contribution in [2.75, 3.05) is 0 Å². The van der Waals surface area contributed by atoms with E-state index in [0.29, 0.717) is 5.82 Å². The Labute approximate surface area is 305 Å². The zero-order valence-corrected chi connectivity index (χ0v) is 29.5. The van der Waals surface area contributed by atoms with Crippen LogP contribution >= 0.6 is 0 Å². The maximum absolute atomic E-state index is 5.23. The lowest BCUT2D eigenvalue weighted by atomic mass is 9.82. The Balaban J connectivity index is 1.26. The lowest BCUT2D eigenvalue weighted by molar-refractivity contribution is 0.660. The minimum absolute atomic E-state index is 0.0537. The number of rotatable bonds is 6. The van der Waals surface area contributed by atoms with Crippen molar-refractivity contribution >= 4 is 0 Å². The van der Waals surface area contributed by atoms with Gasteiger partial charge in [0.1, 0.15) is 0 Å². The van der Waals surface area contributed by atoms with Gasteiger partial charge in [0.25, 0.3) is 0 Å². The van der Waals surface area contributed by atoms with Gasteiger partial charge in [0.05, 0.1) is 11.4 Å². The molecule has 52 heavy (non-hydrogen) atoms. The molecule has 3 heteroatoms. The highest BCUT2D eigenvalue weighted by Crippen LogP contribution is 2.49. The summed E-state index contributed by atoms with van der Waals surface area (Å²) < 4.78 is 0. The van der Waals surface area contributed by atoms with Gasteiger partial charge in [-0.3, -0.25) is 4.98 Å². The Morgan fingerprint density at radius 3 is 1.62 bits per heavy atom. The molecule has 8 aromatic rings. The molecular weight excluding hydrogens is 631 g/mol. The van der Waals surface area contributed by atoms with Crippen LogP contribution in [0.25, 0.3) is 78.4 Å². The van der Waals surface area contributed by atoms with Crippen molar-refractivity contribution in [2.24, 2.45) is 0 Å². The molecule has 1 aliphatic carbocycles. The predicted molar refractivity (Wildman–Crippen MR) is 215 cm³/mol. The molecule has 2 aromatic heterocycles. The van der Waals surface area contributed by atoms with E-state index in [0.717, 1.165) is 67.2 Å². The first-order valence-electron chi connectivity index (χ1n) is 17.8. The van der Waals surface area contributed by atoms with Gasteiger partial charge >= 0.3 is 0 Å². The summed E-state index contributed by atoms with van der Waals surface area (Å²) in [6.07, 6.45) is 1.85. The van der Waals surface area contributed by atoms with Crippen LogP contribution in [-0.4, -0.2) is 15.0 Å². The molecule has 0 fully saturated rings. The van der Waals surface area contributed by atoms with Crippen LogP contribution in [0.3, 0.4) is 0 Å². The number of nitrogens with zero attached hydrogens (tertiary/aromatic N) is 3. The van der Waals surface area contributed by atoms with Crippen LogP contribution in [0.15, 0.2) is 170 Å². The minimum Gasteiger partial charge on any atom is -0.261 e. The molecule has 0 unspecified atom stereocenters. The molecule has 0 saturated carbocycles. The van der Waals surface area contributed by atoms with Gasteiger partial charge in [0.2, 0.25) is 0 Å². The van der Waals surface area contributed by atoms with Crippen molar-refractivity contribution in [2.45, 2.75) is 26.2 Å². The predicted octanol–water partition coefficient (Wildman–Crippen LogP) is 12.5. The summed E-state index contributed by atoms with van der Waals surface area (Å²) in [6.45, 7) is 6.72. The fourth-order valence-corrected chi connectivity index (χ4v) is 7.74. The second kappa shape index (κ2) is 12.7. The molecule has 0 saturated heterocycles. The number of pyridine rings is 1. The van der Waals surface area contributed by atoms with Gasteiger partial charge < -0.3 is 0 Å². The number of aryl methyl sites for hydroxylation is 1. The number of hydrogen-bond donors (Lipinski definition) is 0. The quantitative estimate of drug-likeness (QED) is 0.177. The van der Waals surface area contributed by atoms with E-state index in [1.54, 1.807) is 0 Å². The number of aromatic nitrogens is 3. The van der Waals surface area contributed by atoms with Crippen molar-refractivity contribution in [1.82, 2.24) is 15.0 Å². The van der Waals surface area contributed by atoms with Crippen molar-refractivity contribution in [3.8, 4) is 78.4 Å².